The molecule has 0 radical (unpaired) electrons. The topological polar surface area (TPSA) is 66.7 Å². The number of aromatic amines is 1. The van der Waals surface area contributed by atoms with Gasteiger partial charge in [0.2, 0.25) is 0 Å². The van der Waals surface area contributed by atoms with Crippen LogP contribution in [0.2, 0.25) is 0 Å². The van der Waals surface area contributed by atoms with E-state index >= 15 is 0 Å². The van der Waals surface area contributed by atoms with Crippen LogP contribution in [0.4, 0.5) is 17.2 Å². The molecule has 2 heterocycles. The molecule has 0 aliphatic rings. The molecule has 0 spiro atoms. The Bertz CT molecular complexity index is 741. The second-order valence-electron chi connectivity index (χ2n) is 4.95. The molecule has 0 aliphatic carbocycles. The van der Waals surface area contributed by atoms with Crippen molar-refractivity contribution >= 4 is 28.2 Å². The zero-order chi connectivity index (χ0) is 14.1. The number of nitrogens with two attached hydrogens (primary N) is 1. The SMILES string of the molecule is CCc1[nH]c2nc(Nc3ccc(C)cc3)ccc2c1N. The molecule has 4 N–H and O–H groups in total. The summed E-state index contributed by atoms with van der Waals surface area (Å²) >= 11 is 0. The van der Waals surface area contributed by atoms with Crippen molar-refractivity contribution in [2.75, 3.05) is 11.1 Å². The number of nitrogens with one attached hydrogen (secondary N) is 2. The summed E-state index contributed by atoms with van der Waals surface area (Å²) in [5.74, 6) is 0.810. The molecule has 102 valence electrons. The highest BCUT2D eigenvalue weighted by atomic mass is 15.0. The van der Waals surface area contributed by atoms with E-state index in [-0.39, 0.29) is 0 Å². The van der Waals surface area contributed by atoms with Crippen LogP contribution in [0, 0.1) is 6.92 Å². The van der Waals surface area contributed by atoms with Gasteiger partial charge in [0, 0.05) is 16.8 Å². The average Bonchev–Trinajstić information content (AvgIpc) is 2.77. The van der Waals surface area contributed by atoms with Crippen molar-refractivity contribution in [3.63, 3.8) is 0 Å². The first-order chi connectivity index (χ1) is 9.67. The Hall–Kier alpha value is -2.49. The molecule has 20 heavy (non-hydrogen) atoms. The zero-order valence-corrected chi connectivity index (χ0v) is 11.7. The molecule has 0 bridgehead atoms. The van der Waals surface area contributed by atoms with Crippen LogP contribution < -0.4 is 11.1 Å². The van der Waals surface area contributed by atoms with E-state index in [0.717, 1.165) is 40.3 Å². The summed E-state index contributed by atoms with van der Waals surface area (Å²) in [6.45, 7) is 4.15. The molecule has 0 amide bonds. The zero-order valence-electron chi connectivity index (χ0n) is 11.7. The summed E-state index contributed by atoms with van der Waals surface area (Å²) in [5.41, 5.74) is 11.0. The van der Waals surface area contributed by atoms with Gasteiger partial charge >= 0.3 is 0 Å². The lowest BCUT2D eigenvalue weighted by Crippen LogP contribution is -1.93. The first-order valence-corrected chi connectivity index (χ1v) is 6.78. The Morgan fingerprint density at radius 2 is 1.90 bits per heavy atom. The van der Waals surface area contributed by atoms with E-state index in [1.165, 1.54) is 5.56 Å². The number of rotatable bonds is 3. The molecule has 4 heteroatoms. The number of hydrogen-bond donors (Lipinski definition) is 3. The van der Waals surface area contributed by atoms with Gasteiger partial charge in [-0.15, -0.1) is 0 Å². The fourth-order valence-electron chi connectivity index (χ4n) is 2.28. The Balaban J connectivity index is 1.94. The van der Waals surface area contributed by atoms with Gasteiger partial charge in [-0.3, -0.25) is 0 Å². The molecule has 1 aromatic carbocycles. The lowest BCUT2D eigenvalue weighted by atomic mass is 10.2. The average molecular weight is 266 g/mol. The maximum absolute atomic E-state index is 6.08. The van der Waals surface area contributed by atoms with Gasteiger partial charge in [-0.25, -0.2) is 4.98 Å². The van der Waals surface area contributed by atoms with Gasteiger partial charge in [-0.05, 0) is 37.6 Å². The number of nitrogen functional groups attached to an aromatic ring is 1. The normalized spacial score (nSPS) is 10.9. The third-order valence-corrected chi connectivity index (χ3v) is 3.46. The van der Waals surface area contributed by atoms with E-state index in [0.29, 0.717) is 0 Å². The number of benzene rings is 1. The smallest absolute Gasteiger partial charge is 0.142 e. The van der Waals surface area contributed by atoms with Gasteiger partial charge < -0.3 is 16.0 Å². The van der Waals surface area contributed by atoms with Gasteiger partial charge in [-0.2, -0.15) is 0 Å². The molecular weight excluding hydrogens is 248 g/mol. The standard InChI is InChI=1S/C16H18N4/c1-3-13-15(17)12-8-9-14(20-16(12)19-13)18-11-6-4-10(2)5-7-11/h4-9H,3,17H2,1-2H3,(H2,18,19,20). The second-order valence-corrected chi connectivity index (χ2v) is 4.95. The predicted molar refractivity (Wildman–Crippen MR) is 84.3 cm³/mol. The van der Waals surface area contributed by atoms with E-state index in [4.69, 9.17) is 5.73 Å². The molecule has 3 aromatic rings. The molecule has 0 aliphatic heterocycles. The van der Waals surface area contributed by atoms with Crippen LogP contribution in [0.25, 0.3) is 11.0 Å². The third-order valence-electron chi connectivity index (χ3n) is 3.46. The lowest BCUT2D eigenvalue weighted by molar-refractivity contribution is 1.07. The van der Waals surface area contributed by atoms with Crippen LogP contribution in [-0.2, 0) is 6.42 Å². The van der Waals surface area contributed by atoms with Gasteiger partial charge in [0.1, 0.15) is 11.5 Å². The maximum atomic E-state index is 6.08. The molecule has 0 saturated carbocycles. The molecule has 2 aromatic heterocycles. The van der Waals surface area contributed by atoms with Crippen molar-refractivity contribution in [3.05, 3.63) is 47.7 Å². The van der Waals surface area contributed by atoms with Crippen molar-refractivity contribution in [1.29, 1.82) is 0 Å². The fourth-order valence-corrected chi connectivity index (χ4v) is 2.28. The Labute approximate surface area is 118 Å². The number of anilines is 3. The highest BCUT2D eigenvalue weighted by Crippen LogP contribution is 2.26. The van der Waals surface area contributed by atoms with E-state index in [9.17, 15) is 0 Å². The van der Waals surface area contributed by atoms with Crippen LogP contribution >= 0.6 is 0 Å². The van der Waals surface area contributed by atoms with Gasteiger partial charge in [0.25, 0.3) is 0 Å². The molecule has 0 fully saturated rings. The molecule has 4 nitrogen and oxygen atoms in total. The number of H-pyrrole nitrogens is 1. The third kappa shape index (κ3) is 2.20. The van der Waals surface area contributed by atoms with Crippen molar-refractivity contribution in [2.24, 2.45) is 0 Å². The van der Waals surface area contributed by atoms with Crippen molar-refractivity contribution < 1.29 is 0 Å². The molecule has 0 saturated heterocycles. The van der Waals surface area contributed by atoms with Crippen LogP contribution in [0.1, 0.15) is 18.2 Å². The molecule has 3 rings (SSSR count). The molecule has 0 atom stereocenters. The summed E-state index contributed by atoms with van der Waals surface area (Å²) < 4.78 is 0. The first kappa shape index (κ1) is 12.5. The Kier molecular flexibility index (Phi) is 3.06. The van der Waals surface area contributed by atoms with E-state index in [1.807, 2.05) is 24.3 Å². The lowest BCUT2D eigenvalue weighted by Gasteiger charge is -2.05. The van der Waals surface area contributed by atoms with Gasteiger partial charge in [0.05, 0.1) is 5.69 Å². The number of aryl methyl sites for hydroxylation is 2. The first-order valence-electron chi connectivity index (χ1n) is 6.78. The van der Waals surface area contributed by atoms with Crippen molar-refractivity contribution in [3.8, 4) is 0 Å². The fraction of sp³-hybridized carbons (Fsp3) is 0.188. The maximum Gasteiger partial charge on any atom is 0.142 e. The predicted octanol–water partition coefficient (Wildman–Crippen LogP) is 3.76. The summed E-state index contributed by atoms with van der Waals surface area (Å²) in [4.78, 5) is 7.85. The van der Waals surface area contributed by atoms with E-state index in [2.05, 4.69) is 41.3 Å². The molecular formula is C16H18N4. The highest BCUT2D eigenvalue weighted by Gasteiger charge is 2.08. The largest absolute Gasteiger partial charge is 0.397 e. The van der Waals surface area contributed by atoms with Crippen LogP contribution in [0.5, 0.6) is 0 Å². The number of aromatic nitrogens is 2. The van der Waals surface area contributed by atoms with Crippen LogP contribution in [0.3, 0.4) is 0 Å². The quantitative estimate of drug-likeness (QED) is 0.676. The number of nitrogens with zero attached hydrogens (tertiary/aromatic N) is 1. The highest BCUT2D eigenvalue weighted by molar-refractivity contribution is 5.91. The number of hydrogen-bond acceptors (Lipinski definition) is 3. The number of pyridine rings is 1. The van der Waals surface area contributed by atoms with Crippen molar-refractivity contribution in [2.45, 2.75) is 20.3 Å². The Morgan fingerprint density at radius 3 is 2.60 bits per heavy atom. The summed E-state index contributed by atoms with van der Waals surface area (Å²) in [5, 5.41) is 4.28. The Morgan fingerprint density at radius 1 is 1.15 bits per heavy atom. The van der Waals surface area contributed by atoms with Crippen LogP contribution in [0.15, 0.2) is 36.4 Å². The van der Waals surface area contributed by atoms with Gasteiger partial charge in [0.15, 0.2) is 0 Å². The minimum absolute atomic E-state index is 0.803. The van der Waals surface area contributed by atoms with Crippen LogP contribution in [-0.4, -0.2) is 9.97 Å². The second kappa shape index (κ2) is 4.89. The summed E-state index contributed by atoms with van der Waals surface area (Å²) in [6.07, 6.45) is 0.878. The molecule has 0 unspecified atom stereocenters. The summed E-state index contributed by atoms with van der Waals surface area (Å²) in [7, 11) is 0. The number of fused-ring (bicyclic) bond motifs is 1. The summed E-state index contributed by atoms with van der Waals surface area (Å²) in [6, 6.07) is 12.2. The minimum atomic E-state index is 0.803. The van der Waals surface area contributed by atoms with Crippen molar-refractivity contribution in [1.82, 2.24) is 9.97 Å². The van der Waals surface area contributed by atoms with E-state index in [1.54, 1.807) is 0 Å². The van der Waals surface area contributed by atoms with Gasteiger partial charge in [-0.1, -0.05) is 24.6 Å². The van der Waals surface area contributed by atoms with E-state index < -0.39 is 0 Å². The monoisotopic (exact) mass is 266 g/mol. The minimum Gasteiger partial charge on any atom is -0.397 e.